The Labute approximate surface area is 119 Å². The van der Waals surface area contributed by atoms with Crippen molar-refractivity contribution in [2.45, 2.75) is 78.1 Å². The summed E-state index contributed by atoms with van der Waals surface area (Å²) in [5.41, 5.74) is 0. The largest absolute Gasteiger partial charge is 0.466 e. The van der Waals surface area contributed by atoms with Gasteiger partial charge in [0.05, 0.1) is 6.61 Å². The monoisotopic (exact) mass is 268 g/mol. The first-order valence-electron chi connectivity index (χ1n) is 7.97. The molecule has 0 aromatic rings. The second-order valence-electron chi connectivity index (χ2n) is 5.50. The number of esters is 1. The van der Waals surface area contributed by atoms with Crippen LogP contribution in [0.4, 0.5) is 0 Å². The van der Waals surface area contributed by atoms with Crippen LogP contribution in [-0.2, 0) is 9.53 Å². The average Bonchev–Trinajstić information content (AvgIpc) is 2.38. The molecule has 0 fully saturated rings. The summed E-state index contributed by atoms with van der Waals surface area (Å²) in [7, 11) is 0. The first kappa shape index (κ1) is 18.2. The lowest BCUT2D eigenvalue weighted by atomic mass is 9.99. The predicted octanol–water partition coefficient (Wildman–Crippen LogP) is 5.27. The van der Waals surface area contributed by atoms with Gasteiger partial charge in [-0.15, -0.1) is 6.58 Å². The molecular weight excluding hydrogens is 236 g/mol. The Morgan fingerprint density at radius 3 is 2.53 bits per heavy atom. The van der Waals surface area contributed by atoms with Crippen LogP contribution >= 0.6 is 0 Å². The lowest BCUT2D eigenvalue weighted by Gasteiger charge is -2.11. The summed E-state index contributed by atoms with van der Waals surface area (Å²) in [6, 6.07) is 0. The van der Waals surface area contributed by atoms with Gasteiger partial charge in [0.25, 0.3) is 0 Å². The number of allylic oxidation sites excluding steroid dienone is 1. The molecule has 0 N–H and O–H groups in total. The smallest absolute Gasteiger partial charge is 0.305 e. The van der Waals surface area contributed by atoms with Crippen molar-refractivity contribution in [2.24, 2.45) is 5.92 Å². The zero-order valence-corrected chi connectivity index (χ0v) is 13.0. The molecule has 2 nitrogen and oxygen atoms in total. The van der Waals surface area contributed by atoms with Gasteiger partial charge in [0.15, 0.2) is 0 Å². The van der Waals surface area contributed by atoms with Crippen LogP contribution in [0, 0.1) is 5.92 Å². The van der Waals surface area contributed by atoms with Crippen molar-refractivity contribution in [2.75, 3.05) is 6.61 Å². The van der Waals surface area contributed by atoms with E-state index in [4.69, 9.17) is 4.74 Å². The van der Waals surface area contributed by atoms with E-state index < -0.39 is 0 Å². The van der Waals surface area contributed by atoms with E-state index in [1.165, 1.54) is 38.5 Å². The molecule has 0 radical (unpaired) electrons. The maximum Gasteiger partial charge on any atom is 0.305 e. The van der Waals surface area contributed by atoms with Gasteiger partial charge in [0.2, 0.25) is 0 Å². The predicted molar refractivity (Wildman–Crippen MR) is 82.2 cm³/mol. The topological polar surface area (TPSA) is 26.3 Å². The number of ether oxygens (including phenoxy) is 1. The number of hydrogen-bond acceptors (Lipinski definition) is 2. The molecule has 0 rings (SSSR count). The summed E-state index contributed by atoms with van der Waals surface area (Å²) in [6.45, 7) is 8.59. The minimum atomic E-state index is -0.0445. The highest BCUT2D eigenvalue weighted by atomic mass is 16.5. The zero-order chi connectivity index (χ0) is 14.3. The first-order valence-corrected chi connectivity index (χ1v) is 7.97. The summed E-state index contributed by atoms with van der Waals surface area (Å²) >= 11 is 0. The van der Waals surface area contributed by atoms with E-state index in [-0.39, 0.29) is 5.97 Å². The van der Waals surface area contributed by atoms with Crippen LogP contribution in [0.15, 0.2) is 12.7 Å². The van der Waals surface area contributed by atoms with E-state index in [0.717, 1.165) is 19.3 Å². The van der Waals surface area contributed by atoms with E-state index in [1.54, 1.807) is 0 Å². The molecule has 0 aliphatic carbocycles. The minimum Gasteiger partial charge on any atom is -0.466 e. The number of rotatable bonds is 13. The number of unbranched alkanes of at least 4 members (excludes halogenated alkanes) is 5. The van der Waals surface area contributed by atoms with Crippen molar-refractivity contribution in [1.29, 1.82) is 0 Å². The third-order valence-electron chi connectivity index (χ3n) is 3.43. The second kappa shape index (κ2) is 13.6. The molecule has 0 aliphatic rings. The molecule has 19 heavy (non-hydrogen) atoms. The van der Waals surface area contributed by atoms with E-state index >= 15 is 0 Å². The van der Waals surface area contributed by atoms with Gasteiger partial charge >= 0.3 is 5.97 Å². The Bertz CT molecular complexity index is 223. The first-order chi connectivity index (χ1) is 9.20. The summed E-state index contributed by atoms with van der Waals surface area (Å²) < 4.78 is 5.18. The molecule has 0 aromatic carbocycles. The third kappa shape index (κ3) is 13.4. The van der Waals surface area contributed by atoms with Crippen LogP contribution in [0.5, 0.6) is 0 Å². The summed E-state index contributed by atoms with van der Waals surface area (Å²) in [5.74, 6) is 0.625. The molecule has 0 saturated carbocycles. The summed E-state index contributed by atoms with van der Waals surface area (Å²) in [4.78, 5) is 11.2. The van der Waals surface area contributed by atoms with Crippen molar-refractivity contribution < 1.29 is 9.53 Å². The number of carbonyl (C=O) groups is 1. The zero-order valence-electron chi connectivity index (χ0n) is 13.0. The Morgan fingerprint density at radius 1 is 1.16 bits per heavy atom. The molecule has 0 spiro atoms. The van der Waals surface area contributed by atoms with Crippen LogP contribution in [0.1, 0.15) is 78.1 Å². The van der Waals surface area contributed by atoms with Gasteiger partial charge in [0.1, 0.15) is 0 Å². The van der Waals surface area contributed by atoms with Gasteiger partial charge in [-0.2, -0.15) is 0 Å². The van der Waals surface area contributed by atoms with Gasteiger partial charge in [0, 0.05) is 6.42 Å². The van der Waals surface area contributed by atoms with E-state index in [0.29, 0.717) is 18.9 Å². The van der Waals surface area contributed by atoms with Crippen LogP contribution in [0.3, 0.4) is 0 Å². The Morgan fingerprint density at radius 2 is 1.84 bits per heavy atom. The molecule has 0 aliphatic heterocycles. The molecule has 0 heterocycles. The van der Waals surface area contributed by atoms with Crippen molar-refractivity contribution >= 4 is 5.97 Å². The highest BCUT2D eigenvalue weighted by molar-refractivity contribution is 5.69. The van der Waals surface area contributed by atoms with Gasteiger partial charge < -0.3 is 4.74 Å². The van der Waals surface area contributed by atoms with Crippen molar-refractivity contribution in [3.63, 3.8) is 0 Å². The molecule has 1 atom stereocenters. The molecular formula is C17H32O2. The fourth-order valence-electron chi connectivity index (χ4n) is 2.11. The summed E-state index contributed by atoms with van der Waals surface area (Å²) in [6.07, 6.45) is 13.4. The Balaban J connectivity index is 3.27. The number of carbonyl (C=O) groups excluding carboxylic acids is 1. The SMILES string of the molecule is C=CCCCCCCCC(C)CCOC(=O)CCC. The van der Waals surface area contributed by atoms with Crippen molar-refractivity contribution in [3.8, 4) is 0 Å². The van der Waals surface area contributed by atoms with Gasteiger partial charge in [-0.3, -0.25) is 4.79 Å². The molecule has 112 valence electrons. The Kier molecular flexibility index (Phi) is 13.1. The Hall–Kier alpha value is -0.790. The molecule has 2 heteroatoms. The summed E-state index contributed by atoms with van der Waals surface area (Å²) in [5, 5.41) is 0. The molecule has 0 aromatic heterocycles. The van der Waals surface area contributed by atoms with Gasteiger partial charge in [-0.25, -0.2) is 0 Å². The normalized spacial score (nSPS) is 12.1. The minimum absolute atomic E-state index is 0.0445. The standard InChI is InChI=1S/C17H32O2/c1-4-6-7-8-9-10-11-13-16(3)14-15-19-17(18)12-5-2/h4,16H,1,5-15H2,2-3H3. The molecule has 1 unspecified atom stereocenters. The number of hydrogen-bond donors (Lipinski definition) is 0. The molecule has 0 saturated heterocycles. The quantitative estimate of drug-likeness (QED) is 0.258. The van der Waals surface area contributed by atoms with Gasteiger partial charge in [-0.1, -0.05) is 52.0 Å². The molecule has 0 amide bonds. The van der Waals surface area contributed by atoms with Crippen LogP contribution in [0.25, 0.3) is 0 Å². The van der Waals surface area contributed by atoms with Crippen LogP contribution < -0.4 is 0 Å². The van der Waals surface area contributed by atoms with Crippen molar-refractivity contribution in [1.82, 2.24) is 0 Å². The van der Waals surface area contributed by atoms with E-state index in [2.05, 4.69) is 13.5 Å². The van der Waals surface area contributed by atoms with Gasteiger partial charge in [-0.05, 0) is 31.6 Å². The second-order valence-corrected chi connectivity index (χ2v) is 5.50. The maximum atomic E-state index is 11.2. The lowest BCUT2D eigenvalue weighted by molar-refractivity contribution is -0.144. The highest BCUT2D eigenvalue weighted by Gasteiger charge is 2.05. The van der Waals surface area contributed by atoms with Crippen LogP contribution in [0.2, 0.25) is 0 Å². The third-order valence-corrected chi connectivity index (χ3v) is 3.43. The average molecular weight is 268 g/mol. The van der Waals surface area contributed by atoms with Crippen LogP contribution in [-0.4, -0.2) is 12.6 Å². The van der Waals surface area contributed by atoms with Crippen molar-refractivity contribution in [3.05, 3.63) is 12.7 Å². The maximum absolute atomic E-state index is 11.2. The highest BCUT2D eigenvalue weighted by Crippen LogP contribution is 2.15. The fraction of sp³-hybridized carbons (Fsp3) is 0.824. The van der Waals surface area contributed by atoms with E-state index in [9.17, 15) is 4.79 Å². The lowest BCUT2D eigenvalue weighted by Crippen LogP contribution is -2.08. The fourth-order valence-corrected chi connectivity index (χ4v) is 2.11. The van der Waals surface area contributed by atoms with E-state index in [1.807, 2.05) is 13.0 Å². The molecule has 0 bridgehead atoms.